The lowest BCUT2D eigenvalue weighted by molar-refractivity contribution is -0.274. The summed E-state index contributed by atoms with van der Waals surface area (Å²) < 4.78 is 83.3. The quantitative estimate of drug-likeness (QED) is 0.551. The van der Waals surface area contributed by atoms with E-state index in [0.717, 1.165) is 12.3 Å². The molecule has 0 aliphatic carbocycles. The van der Waals surface area contributed by atoms with E-state index >= 15 is 0 Å². The molecule has 0 radical (unpaired) electrons. The molecule has 0 atom stereocenters. The topological polar surface area (TPSA) is 69.4 Å². The normalized spacial score (nSPS) is 12.2. The average Bonchev–Trinajstić information content (AvgIpc) is 3.02. The van der Waals surface area contributed by atoms with Gasteiger partial charge in [0.05, 0.1) is 0 Å². The summed E-state index contributed by atoms with van der Waals surface area (Å²) in [5.41, 5.74) is 2.15. The van der Waals surface area contributed by atoms with Crippen molar-refractivity contribution in [1.29, 1.82) is 0 Å². The predicted octanol–water partition coefficient (Wildman–Crippen LogP) is 4.68. The van der Waals surface area contributed by atoms with Crippen molar-refractivity contribution in [1.82, 2.24) is 5.16 Å². The third-order valence-electron chi connectivity index (χ3n) is 4.11. The Morgan fingerprint density at radius 2 is 1.86 bits per heavy atom. The third kappa shape index (κ3) is 4.94. The molecule has 3 rings (SSSR count). The molecule has 29 heavy (non-hydrogen) atoms. The zero-order chi connectivity index (χ0) is 21.4. The summed E-state index contributed by atoms with van der Waals surface area (Å²) in [4.78, 5) is -0.400. The Labute approximate surface area is 163 Å². The van der Waals surface area contributed by atoms with E-state index in [1.54, 1.807) is 0 Å². The first-order valence-corrected chi connectivity index (χ1v) is 10.1. The van der Waals surface area contributed by atoms with Crippen LogP contribution in [0.1, 0.15) is 16.7 Å². The van der Waals surface area contributed by atoms with Crippen LogP contribution in [-0.2, 0) is 16.3 Å². The second kappa shape index (κ2) is 7.51. The van der Waals surface area contributed by atoms with Gasteiger partial charge in [-0.15, -0.1) is 13.2 Å². The maximum atomic E-state index is 14.1. The second-order valence-electron chi connectivity index (χ2n) is 6.43. The van der Waals surface area contributed by atoms with Crippen molar-refractivity contribution in [2.75, 3.05) is 6.26 Å². The van der Waals surface area contributed by atoms with Crippen LogP contribution in [0.15, 0.2) is 52.1 Å². The van der Waals surface area contributed by atoms with Gasteiger partial charge in [0.15, 0.2) is 9.84 Å². The molecule has 0 N–H and O–H groups in total. The molecule has 154 valence electrons. The molecule has 0 saturated heterocycles. The van der Waals surface area contributed by atoms with Crippen molar-refractivity contribution in [2.45, 2.75) is 24.6 Å². The zero-order valence-corrected chi connectivity index (χ0v) is 16.1. The van der Waals surface area contributed by atoms with E-state index < -0.39 is 26.9 Å². The molecule has 0 spiro atoms. The zero-order valence-electron chi connectivity index (χ0n) is 15.2. The maximum Gasteiger partial charge on any atom is 0.573 e. The number of aromatic nitrogens is 1. The predicted molar refractivity (Wildman–Crippen MR) is 95.7 cm³/mol. The van der Waals surface area contributed by atoms with Crippen molar-refractivity contribution in [3.63, 3.8) is 0 Å². The van der Waals surface area contributed by atoms with E-state index in [4.69, 9.17) is 4.52 Å². The van der Waals surface area contributed by atoms with Crippen molar-refractivity contribution < 1.29 is 35.2 Å². The van der Waals surface area contributed by atoms with Crippen molar-refractivity contribution in [3.05, 3.63) is 65.2 Å². The van der Waals surface area contributed by atoms with Crippen LogP contribution < -0.4 is 4.74 Å². The summed E-state index contributed by atoms with van der Waals surface area (Å²) in [6.45, 7) is 1.46. The van der Waals surface area contributed by atoms with Crippen molar-refractivity contribution in [3.8, 4) is 17.0 Å². The summed E-state index contributed by atoms with van der Waals surface area (Å²) in [7, 11) is -3.68. The lowest BCUT2D eigenvalue weighted by atomic mass is 10.0. The second-order valence-corrected chi connectivity index (χ2v) is 8.41. The van der Waals surface area contributed by atoms with Crippen LogP contribution >= 0.6 is 0 Å². The average molecular weight is 429 g/mol. The maximum absolute atomic E-state index is 14.1. The van der Waals surface area contributed by atoms with Crippen molar-refractivity contribution in [2.24, 2.45) is 0 Å². The molecule has 10 heteroatoms. The number of alkyl halides is 3. The summed E-state index contributed by atoms with van der Waals surface area (Å²) >= 11 is 0. The smallest absolute Gasteiger partial charge is 0.406 e. The number of halogens is 4. The van der Waals surface area contributed by atoms with E-state index in [1.807, 2.05) is 0 Å². The Kier molecular flexibility index (Phi) is 5.40. The lowest BCUT2D eigenvalue weighted by Gasteiger charge is -2.12. The highest BCUT2D eigenvalue weighted by atomic mass is 32.2. The molecular formula is C19H15F4NO4S. The largest absolute Gasteiger partial charge is 0.573 e. The molecule has 3 aromatic rings. The minimum atomic E-state index is -4.80. The Bertz CT molecular complexity index is 1150. The number of aryl methyl sites for hydroxylation is 1. The molecule has 1 aromatic heterocycles. The fourth-order valence-electron chi connectivity index (χ4n) is 2.83. The highest BCUT2D eigenvalue weighted by molar-refractivity contribution is 7.90. The van der Waals surface area contributed by atoms with Crippen LogP contribution in [-0.4, -0.2) is 26.2 Å². The van der Waals surface area contributed by atoms with E-state index in [0.29, 0.717) is 22.4 Å². The SMILES string of the molecule is Cc1cc(-c2nocc2Cc2ccc(S(C)(=O)=O)c(F)c2)ccc1OC(F)(F)F. The number of sulfone groups is 1. The van der Waals surface area contributed by atoms with Crippen LogP contribution in [0.2, 0.25) is 0 Å². The van der Waals surface area contributed by atoms with Gasteiger partial charge in [-0.1, -0.05) is 11.2 Å². The minimum absolute atomic E-state index is 0.180. The summed E-state index contributed by atoms with van der Waals surface area (Å²) in [6, 6.07) is 7.82. The summed E-state index contributed by atoms with van der Waals surface area (Å²) in [6.07, 6.45) is -2.36. The van der Waals surface area contributed by atoms with Crippen LogP contribution in [0.4, 0.5) is 17.6 Å². The van der Waals surface area contributed by atoms with Gasteiger partial charge >= 0.3 is 6.36 Å². The van der Waals surface area contributed by atoms with Gasteiger partial charge in [-0.25, -0.2) is 12.8 Å². The van der Waals surface area contributed by atoms with E-state index in [-0.39, 0.29) is 17.7 Å². The first-order chi connectivity index (χ1) is 13.4. The molecule has 5 nitrogen and oxygen atoms in total. The number of hydrogen-bond acceptors (Lipinski definition) is 5. The Hall–Kier alpha value is -2.88. The van der Waals surface area contributed by atoms with Gasteiger partial charge in [0.25, 0.3) is 0 Å². The molecule has 0 saturated carbocycles. The number of nitrogens with zero attached hydrogens (tertiary/aromatic N) is 1. The van der Waals surface area contributed by atoms with Crippen molar-refractivity contribution >= 4 is 9.84 Å². The number of rotatable bonds is 5. The van der Waals surface area contributed by atoms with Crippen LogP contribution in [0.5, 0.6) is 5.75 Å². The lowest BCUT2D eigenvalue weighted by Crippen LogP contribution is -2.17. The Balaban J connectivity index is 1.89. The molecule has 0 bridgehead atoms. The number of benzene rings is 2. The molecular weight excluding hydrogens is 414 g/mol. The van der Waals surface area contributed by atoms with Gasteiger partial charge in [0.1, 0.15) is 28.4 Å². The highest BCUT2D eigenvalue weighted by Gasteiger charge is 2.31. The van der Waals surface area contributed by atoms with Gasteiger partial charge in [-0.05, 0) is 48.4 Å². The molecule has 0 aliphatic rings. The summed E-state index contributed by atoms with van der Waals surface area (Å²) in [5.74, 6) is -1.20. The molecule has 0 amide bonds. The van der Waals surface area contributed by atoms with E-state index in [9.17, 15) is 26.0 Å². The van der Waals surface area contributed by atoms with E-state index in [2.05, 4.69) is 9.89 Å². The first-order valence-electron chi connectivity index (χ1n) is 8.22. The number of hydrogen-bond donors (Lipinski definition) is 0. The van der Waals surface area contributed by atoms with E-state index in [1.165, 1.54) is 43.5 Å². The Morgan fingerprint density at radius 1 is 1.14 bits per heavy atom. The standard InChI is InChI=1S/C19H15F4NO4S/c1-11-7-13(4-5-16(11)28-19(21,22)23)18-14(10-27-24-18)8-12-3-6-17(15(20)9-12)29(2,25)26/h3-7,9-10H,8H2,1-2H3. The molecule has 0 fully saturated rings. The summed E-state index contributed by atoms with van der Waals surface area (Å²) in [5, 5.41) is 3.88. The van der Waals surface area contributed by atoms with Gasteiger partial charge in [0.2, 0.25) is 0 Å². The molecule has 0 aliphatic heterocycles. The highest BCUT2D eigenvalue weighted by Crippen LogP contribution is 2.31. The van der Waals surface area contributed by atoms with Gasteiger partial charge < -0.3 is 9.26 Å². The number of ether oxygens (including phenoxy) is 1. The van der Waals surface area contributed by atoms with Gasteiger partial charge in [-0.2, -0.15) is 0 Å². The molecule has 2 aromatic carbocycles. The van der Waals surface area contributed by atoms with Crippen LogP contribution in [0.3, 0.4) is 0 Å². The molecule has 0 unspecified atom stereocenters. The third-order valence-corrected chi connectivity index (χ3v) is 5.24. The van der Waals surface area contributed by atoms with Crippen LogP contribution in [0.25, 0.3) is 11.3 Å². The fraction of sp³-hybridized carbons (Fsp3) is 0.211. The van der Waals surface area contributed by atoms with Crippen LogP contribution in [0, 0.1) is 12.7 Å². The fourth-order valence-corrected chi connectivity index (χ4v) is 3.56. The van der Waals surface area contributed by atoms with Gasteiger partial charge in [0, 0.05) is 23.8 Å². The first kappa shape index (κ1) is 20.8. The minimum Gasteiger partial charge on any atom is -0.406 e. The Morgan fingerprint density at radius 3 is 2.45 bits per heavy atom. The monoisotopic (exact) mass is 429 g/mol. The van der Waals surface area contributed by atoms with Gasteiger partial charge in [-0.3, -0.25) is 0 Å². The molecule has 1 heterocycles.